The Balaban J connectivity index is 2.01. The third-order valence-electron chi connectivity index (χ3n) is 1.90. The van der Waals surface area contributed by atoms with Gasteiger partial charge in [-0.05, 0) is 6.42 Å². The fourth-order valence-corrected chi connectivity index (χ4v) is 1.05. The maximum Gasteiger partial charge on any atom is 0.407 e. The van der Waals surface area contributed by atoms with Gasteiger partial charge in [-0.2, -0.15) is 0 Å². The van der Waals surface area contributed by atoms with Crippen LogP contribution in [0.3, 0.4) is 0 Å². The maximum atomic E-state index is 11.0. The van der Waals surface area contributed by atoms with Gasteiger partial charge in [0.15, 0.2) is 6.04 Å². The van der Waals surface area contributed by atoms with Crippen LogP contribution in [0.1, 0.15) is 19.8 Å². The number of unbranched alkanes of at least 4 members (excludes halogenated alkanes) is 1. The standard InChI is InChI=1S/C8H14N2O3/c1-2-3-4-13-8(11)9-7-5-10(12)6-7/h7H,2-6H2,1H3/p+1. The van der Waals surface area contributed by atoms with E-state index in [0.29, 0.717) is 19.7 Å². The van der Waals surface area contributed by atoms with E-state index in [1.807, 2.05) is 6.92 Å². The monoisotopic (exact) mass is 187 g/mol. The summed E-state index contributed by atoms with van der Waals surface area (Å²) in [4.78, 5) is 21.4. The highest BCUT2D eigenvalue weighted by atomic mass is 16.5. The van der Waals surface area contributed by atoms with E-state index in [4.69, 9.17) is 4.74 Å². The largest absolute Gasteiger partial charge is 0.450 e. The molecular weight excluding hydrogens is 172 g/mol. The molecule has 74 valence electrons. The van der Waals surface area contributed by atoms with Gasteiger partial charge in [0, 0.05) is 9.67 Å². The van der Waals surface area contributed by atoms with E-state index in [2.05, 4.69) is 5.32 Å². The van der Waals surface area contributed by atoms with Crippen molar-refractivity contribution < 1.29 is 14.3 Å². The summed E-state index contributed by atoms with van der Waals surface area (Å²) in [6.45, 7) is 3.24. The Morgan fingerprint density at radius 2 is 2.31 bits per heavy atom. The number of rotatable bonds is 4. The molecule has 0 spiro atoms. The number of hydrogen-bond acceptors (Lipinski definition) is 3. The van der Waals surface area contributed by atoms with Crippen LogP contribution in [0.4, 0.5) is 4.79 Å². The van der Waals surface area contributed by atoms with Crippen LogP contribution in [0.2, 0.25) is 0 Å². The van der Waals surface area contributed by atoms with E-state index in [9.17, 15) is 9.70 Å². The van der Waals surface area contributed by atoms with Gasteiger partial charge in [-0.3, -0.25) is 0 Å². The molecule has 5 nitrogen and oxygen atoms in total. The summed E-state index contributed by atoms with van der Waals surface area (Å²) < 4.78 is 5.75. The first-order chi connectivity index (χ1) is 6.22. The van der Waals surface area contributed by atoms with Crippen LogP contribution < -0.4 is 5.32 Å². The van der Waals surface area contributed by atoms with Crippen LogP contribution in [0, 0.1) is 4.91 Å². The number of nitroso groups, excluding NO2 is 1. The van der Waals surface area contributed by atoms with Gasteiger partial charge in [0.25, 0.3) is 0 Å². The van der Waals surface area contributed by atoms with Crippen molar-refractivity contribution in [1.82, 2.24) is 5.32 Å². The van der Waals surface area contributed by atoms with Crippen molar-refractivity contribution in [3.63, 3.8) is 0 Å². The van der Waals surface area contributed by atoms with Gasteiger partial charge in [-0.25, -0.2) is 4.79 Å². The molecule has 0 aliphatic carbocycles. The Kier molecular flexibility index (Phi) is 3.67. The van der Waals surface area contributed by atoms with Crippen LogP contribution in [-0.2, 0) is 4.74 Å². The SMILES string of the molecule is CCCCOC(=O)NC1C[N+](=O)C1. The van der Waals surface area contributed by atoms with E-state index < -0.39 is 6.09 Å². The molecule has 1 rings (SSSR count). The van der Waals surface area contributed by atoms with Crippen LogP contribution in [-0.4, -0.2) is 36.6 Å². The number of nitrogens with zero attached hydrogens (tertiary/aromatic N) is 1. The van der Waals surface area contributed by atoms with E-state index in [-0.39, 0.29) is 6.04 Å². The third-order valence-corrected chi connectivity index (χ3v) is 1.90. The van der Waals surface area contributed by atoms with Crippen molar-refractivity contribution in [3.8, 4) is 0 Å². The molecule has 1 aliphatic heterocycles. The molecule has 5 heteroatoms. The average molecular weight is 187 g/mol. The lowest BCUT2D eigenvalue weighted by Crippen LogP contribution is -2.54. The Morgan fingerprint density at radius 3 is 2.85 bits per heavy atom. The lowest BCUT2D eigenvalue weighted by Gasteiger charge is -2.17. The molecule has 1 amide bonds. The van der Waals surface area contributed by atoms with Crippen molar-refractivity contribution in [2.45, 2.75) is 25.8 Å². The Bertz CT molecular complexity index is 198. The summed E-state index contributed by atoms with van der Waals surface area (Å²) in [6, 6.07) is -0.0216. The lowest BCUT2D eigenvalue weighted by molar-refractivity contribution is -0.609. The molecule has 0 radical (unpaired) electrons. The van der Waals surface area contributed by atoms with Gasteiger partial charge in [0.2, 0.25) is 13.1 Å². The number of alkyl carbamates (subject to hydrolysis) is 1. The highest BCUT2D eigenvalue weighted by molar-refractivity contribution is 5.67. The molecule has 1 aliphatic rings. The fourth-order valence-electron chi connectivity index (χ4n) is 1.05. The van der Waals surface area contributed by atoms with Gasteiger partial charge < -0.3 is 10.1 Å². The zero-order valence-electron chi connectivity index (χ0n) is 7.78. The molecule has 0 aromatic carbocycles. The van der Waals surface area contributed by atoms with Crippen molar-refractivity contribution in [2.24, 2.45) is 0 Å². The summed E-state index contributed by atoms with van der Waals surface area (Å²) in [5, 5.41) is 2.60. The Labute approximate surface area is 77.0 Å². The van der Waals surface area contributed by atoms with E-state index >= 15 is 0 Å². The van der Waals surface area contributed by atoms with Crippen LogP contribution in [0.25, 0.3) is 0 Å². The molecule has 1 N–H and O–H groups in total. The fraction of sp³-hybridized carbons (Fsp3) is 0.875. The zero-order chi connectivity index (χ0) is 9.68. The first kappa shape index (κ1) is 9.95. The first-order valence-electron chi connectivity index (χ1n) is 4.57. The minimum absolute atomic E-state index is 0.0216. The molecule has 0 aromatic rings. The molecule has 13 heavy (non-hydrogen) atoms. The molecular formula is C8H15N2O3+. The number of carbonyl (C=O) groups is 1. The molecule has 1 heterocycles. The predicted octanol–water partition coefficient (Wildman–Crippen LogP) is 0.674. The number of nitrogens with one attached hydrogen (secondary N) is 1. The van der Waals surface area contributed by atoms with E-state index in [1.54, 1.807) is 0 Å². The number of ether oxygens (including phenoxy) is 1. The predicted molar refractivity (Wildman–Crippen MR) is 46.5 cm³/mol. The highest BCUT2D eigenvalue weighted by Crippen LogP contribution is 1.99. The van der Waals surface area contributed by atoms with Crippen LogP contribution in [0.5, 0.6) is 0 Å². The van der Waals surface area contributed by atoms with Crippen LogP contribution in [0.15, 0.2) is 0 Å². The van der Waals surface area contributed by atoms with E-state index in [0.717, 1.165) is 17.6 Å². The molecule has 0 aromatic heterocycles. The molecule has 1 saturated heterocycles. The number of hydrogen-bond donors (Lipinski definition) is 1. The highest BCUT2D eigenvalue weighted by Gasteiger charge is 2.36. The summed E-state index contributed by atoms with van der Waals surface area (Å²) in [6.07, 6.45) is 1.48. The smallest absolute Gasteiger partial charge is 0.407 e. The molecule has 0 bridgehead atoms. The van der Waals surface area contributed by atoms with Gasteiger partial charge in [-0.15, -0.1) is 0 Å². The summed E-state index contributed by atoms with van der Waals surface area (Å²) in [5.41, 5.74) is 0. The van der Waals surface area contributed by atoms with Crippen LogP contribution >= 0.6 is 0 Å². The van der Waals surface area contributed by atoms with Gasteiger partial charge in [-0.1, -0.05) is 13.3 Å². The number of amides is 1. The second-order valence-corrected chi connectivity index (χ2v) is 3.18. The Hall–Kier alpha value is -1.13. The van der Waals surface area contributed by atoms with Gasteiger partial charge in [0.05, 0.1) is 6.61 Å². The topological polar surface area (TPSA) is 58.4 Å². The van der Waals surface area contributed by atoms with Crippen molar-refractivity contribution in [3.05, 3.63) is 4.91 Å². The van der Waals surface area contributed by atoms with Crippen molar-refractivity contribution in [1.29, 1.82) is 0 Å². The van der Waals surface area contributed by atoms with Crippen molar-refractivity contribution in [2.75, 3.05) is 19.7 Å². The normalized spacial score (nSPS) is 16.5. The lowest BCUT2D eigenvalue weighted by atomic mass is 10.2. The Morgan fingerprint density at radius 1 is 1.62 bits per heavy atom. The van der Waals surface area contributed by atoms with E-state index in [1.165, 1.54) is 0 Å². The molecule has 1 fully saturated rings. The minimum atomic E-state index is -0.411. The number of carbonyl (C=O) groups excluding carboxylic acids is 1. The second-order valence-electron chi connectivity index (χ2n) is 3.18. The molecule has 0 atom stereocenters. The summed E-state index contributed by atoms with van der Waals surface area (Å²) in [5.74, 6) is 0. The summed E-state index contributed by atoms with van der Waals surface area (Å²) >= 11 is 0. The average Bonchev–Trinajstić information content (AvgIpc) is 2.02. The minimum Gasteiger partial charge on any atom is -0.450 e. The third kappa shape index (κ3) is 3.40. The van der Waals surface area contributed by atoms with Gasteiger partial charge in [0.1, 0.15) is 0 Å². The maximum absolute atomic E-state index is 11.0. The second kappa shape index (κ2) is 4.79. The first-order valence-corrected chi connectivity index (χ1v) is 4.57. The quantitative estimate of drug-likeness (QED) is 0.520. The van der Waals surface area contributed by atoms with Crippen molar-refractivity contribution >= 4 is 6.09 Å². The zero-order valence-corrected chi connectivity index (χ0v) is 7.78. The molecule has 0 unspecified atom stereocenters. The summed E-state index contributed by atoms with van der Waals surface area (Å²) in [7, 11) is 0. The molecule has 0 saturated carbocycles. The van der Waals surface area contributed by atoms with Gasteiger partial charge >= 0.3 is 6.09 Å².